The molecule has 1 heterocycles. The molecule has 0 bridgehead atoms. The number of nitrogens with zero attached hydrogens (tertiary/aromatic N) is 2. The van der Waals surface area contributed by atoms with Crippen LogP contribution < -0.4 is 9.80 Å². The first-order valence-electron chi connectivity index (χ1n) is 19.6. The standard InChI is InChI=1S/C51H40N2O/c1-4-10-34(11-5-1)35-16-20-42(21-17-35)52(40-12-6-2-7-13-40)44-24-26-46-47-27-25-45(31-49(47)54-48(46)30-44)53(41-14-8-3-9-15-41)43-22-18-36(19-23-43)50-32-38-28-37-29-39(33-50)51(37,38)50/h1-27,30-31,37-39H,28-29,32-33H2. The number of hydrogen-bond donors (Lipinski definition) is 0. The van der Waals surface area contributed by atoms with Gasteiger partial charge in [0.1, 0.15) is 11.2 Å². The van der Waals surface area contributed by atoms with Crippen LogP contribution in [0.4, 0.5) is 34.1 Å². The Hall–Kier alpha value is -6.06. The van der Waals surface area contributed by atoms with Crippen molar-refractivity contribution in [2.45, 2.75) is 31.1 Å². The van der Waals surface area contributed by atoms with E-state index >= 15 is 0 Å². The summed E-state index contributed by atoms with van der Waals surface area (Å²) >= 11 is 0. The highest BCUT2D eigenvalue weighted by Crippen LogP contribution is 2.92. The van der Waals surface area contributed by atoms with E-state index < -0.39 is 0 Å². The van der Waals surface area contributed by atoms with Gasteiger partial charge < -0.3 is 14.2 Å². The molecule has 4 aliphatic carbocycles. The van der Waals surface area contributed by atoms with Crippen molar-refractivity contribution in [2.24, 2.45) is 23.2 Å². The average Bonchev–Trinajstić information content (AvgIpc) is 3.56. The van der Waals surface area contributed by atoms with Gasteiger partial charge in [-0.3, -0.25) is 0 Å². The molecule has 3 heteroatoms. The van der Waals surface area contributed by atoms with Gasteiger partial charge in [0.15, 0.2) is 0 Å². The topological polar surface area (TPSA) is 19.6 Å². The Morgan fingerprint density at radius 2 is 0.833 bits per heavy atom. The van der Waals surface area contributed by atoms with E-state index in [4.69, 9.17) is 4.42 Å². The average molecular weight is 697 g/mol. The van der Waals surface area contributed by atoms with Crippen molar-refractivity contribution in [3.63, 3.8) is 0 Å². The molecule has 1 spiro atoms. The van der Waals surface area contributed by atoms with Crippen LogP contribution in [0.2, 0.25) is 0 Å². The molecule has 0 saturated heterocycles. The second-order valence-electron chi connectivity index (χ2n) is 16.3. The molecule has 0 N–H and O–H groups in total. The highest BCUT2D eigenvalue weighted by Gasteiger charge is 2.87. The van der Waals surface area contributed by atoms with Crippen LogP contribution in [0.3, 0.4) is 0 Å². The fraction of sp³-hybridized carbons (Fsp3) is 0.176. The fourth-order valence-electron chi connectivity index (χ4n) is 11.9. The lowest BCUT2D eigenvalue weighted by molar-refractivity contribution is -0.395. The van der Waals surface area contributed by atoms with Gasteiger partial charge in [0.05, 0.1) is 0 Å². The zero-order valence-corrected chi connectivity index (χ0v) is 30.1. The Labute approximate surface area is 316 Å². The number of benzene rings is 7. The van der Waals surface area contributed by atoms with Gasteiger partial charge in [-0.25, -0.2) is 0 Å². The van der Waals surface area contributed by atoms with Crippen LogP contribution >= 0.6 is 0 Å². The Bertz CT molecular complexity index is 2660. The summed E-state index contributed by atoms with van der Waals surface area (Å²) in [5.41, 5.74) is 13.6. The van der Waals surface area contributed by atoms with E-state index in [0.29, 0.717) is 10.8 Å². The molecule has 1 aromatic heterocycles. The van der Waals surface area contributed by atoms with E-state index in [0.717, 1.165) is 68.1 Å². The maximum absolute atomic E-state index is 6.75. The lowest BCUT2D eigenvalue weighted by Crippen LogP contribution is -2.87. The van der Waals surface area contributed by atoms with Gasteiger partial charge in [0.2, 0.25) is 0 Å². The van der Waals surface area contributed by atoms with E-state index in [1.165, 1.54) is 42.5 Å². The van der Waals surface area contributed by atoms with Crippen molar-refractivity contribution in [2.75, 3.05) is 9.80 Å². The van der Waals surface area contributed by atoms with Crippen molar-refractivity contribution in [3.05, 3.63) is 181 Å². The molecule has 4 saturated carbocycles. The van der Waals surface area contributed by atoms with Crippen LogP contribution in [0.25, 0.3) is 33.1 Å². The van der Waals surface area contributed by atoms with Crippen molar-refractivity contribution in [1.82, 2.24) is 0 Å². The number of para-hydroxylation sites is 2. The molecule has 260 valence electrons. The Kier molecular flexibility index (Phi) is 6.32. The van der Waals surface area contributed by atoms with E-state index in [2.05, 4.69) is 186 Å². The van der Waals surface area contributed by atoms with E-state index in [-0.39, 0.29) is 0 Å². The molecule has 12 rings (SSSR count). The smallest absolute Gasteiger partial charge is 0.137 e. The van der Waals surface area contributed by atoms with E-state index in [1.807, 2.05) is 0 Å². The maximum atomic E-state index is 6.75. The van der Waals surface area contributed by atoms with Crippen molar-refractivity contribution in [1.29, 1.82) is 0 Å². The molecular weight excluding hydrogens is 657 g/mol. The van der Waals surface area contributed by atoms with Crippen LogP contribution in [0.1, 0.15) is 31.2 Å². The number of rotatable bonds is 8. The maximum Gasteiger partial charge on any atom is 0.137 e. The predicted molar refractivity (Wildman–Crippen MR) is 222 cm³/mol. The lowest BCUT2D eigenvalue weighted by atomic mass is 9.12. The number of furan rings is 1. The summed E-state index contributed by atoms with van der Waals surface area (Å²) in [5, 5.41) is 2.24. The second-order valence-corrected chi connectivity index (χ2v) is 16.3. The number of fused-ring (bicyclic) bond motifs is 3. The summed E-state index contributed by atoms with van der Waals surface area (Å²) in [4.78, 5) is 4.67. The van der Waals surface area contributed by atoms with Gasteiger partial charge in [-0.2, -0.15) is 0 Å². The third-order valence-electron chi connectivity index (χ3n) is 14.1. The minimum Gasteiger partial charge on any atom is -0.456 e. The van der Waals surface area contributed by atoms with Gasteiger partial charge >= 0.3 is 0 Å². The quantitative estimate of drug-likeness (QED) is 0.158. The first-order valence-corrected chi connectivity index (χ1v) is 19.6. The molecule has 2 unspecified atom stereocenters. The number of anilines is 6. The monoisotopic (exact) mass is 696 g/mol. The van der Waals surface area contributed by atoms with Crippen molar-refractivity contribution in [3.8, 4) is 11.1 Å². The van der Waals surface area contributed by atoms with Gasteiger partial charge in [-0.15, -0.1) is 0 Å². The number of hydrogen-bond acceptors (Lipinski definition) is 3. The molecule has 0 radical (unpaired) electrons. The van der Waals surface area contributed by atoms with E-state index in [9.17, 15) is 0 Å². The fourth-order valence-corrected chi connectivity index (χ4v) is 11.9. The largest absolute Gasteiger partial charge is 0.456 e. The minimum absolute atomic E-state index is 0.466. The van der Waals surface area contributed by atoms with Crippen LogP contribution in [-0.2, 0) is 5.41 Å². The van der Waals surface area contributed by atoms with Crippen LogP contribution in [0.5, 0.6) is 0 Å². The van der Waals surface area contributed by atoms with Gasteiger partial charge in [-0.1, -0.05) is 91.0 Å². The van der Waals surface area contributed by atoms with Crippen molar-refractivity contribution < 1.29 is 4.42 Å². The minimum atomic E-state index is 0.466. The first kappa shape index (κ1) is 30.4. The highest BCUT2D eigenvalue weighted by atomic mass is 16.3. The zero-order chi connectivity index (χ0) is 35.4. The zero-order valence-electron chi connectivity index (χ0n) is 30.1. The van der Waals surface area contributed by atoms with Crippen LogP contribution in [0, 0.1) is 23.2 Å². The Morgan fingerprint density at radius 1 is 0.407 bits per heavy atom. The lowest BCUT2D eigenvalue weighted by Gasteiger charge is -2.91. The highest BCUT2D eigenvalue weighted by molar-refractivity contribution is 6.07. The summed E-state index contributed by atoms with van der Waals surface area (Å²) in [6, 6.07) is 63.6. The predicted octanol–water partition coefficient (Wildman–Crippen LogP) is 13.9. The normalized spacial score (nSPS) is 24.3. The van der Waals surface area contributed by atoms with Crippen LogP contribution in [-0.4, -0.2) is 0 Å². The molecule has 54 heavy (non-hydrogen) atoms. The van der Waals surface area contributed by atoms with Gasteiger partial charge in [-0.05, 0) is 138 Å². The first-order chi connectivity index (χ1) is 26.7. The summed E-state index contributed by atoms with van der Waals surface area (Å²) in [7, 11) is 0. The molecule has 0 amide bonds. The summed E-state index contributed by atoms with van der Waals surface area (Å²) < 4.78 is 6.75. The molecule has 0 aliphatic heterocycles. The molecule has 2 atom stereocenters. The Balaban J connectivity index is 0.908. The molecular formula is C51H40N2O. The third-order valence-corrected chi connectivity index (χ3v) is 14.1. The molecule has 3 nitrogen and oxygen atoms in total. The summed E-state index contributed by atoms with van der Waals surface area (Å²) in [6.45, 7) is 0. The van der Waals surface area contributed by atoms with E-state index in [1.54, 1.807) is 5.56 Å². The van der Waals surface area contributed by atoms with Gasteiger partial charge in [0.25, 0.3) is 0 Å². The molecule has 8 aromatic rings. The molecule has 7 aromatic carbocycles. The summed E-state index contributed by atoms with van der Waals surface area (Å²) in [6.07, 6.45) is 5.82. The van der Waals surface area contributed by atoms with Crippen molar-refractivity contribution >= 4 is 56.1 Å². The van der Waals surface area contributed by atoms with Gasteiger partial charge in [0, 0.05) is 62.4 Å². The molecule has 4 fully saturated rings. The SMILES string of the molecule is c1ccc(-c2ccc(N(c3ccccc3)c3ccc4c(c3)oc3cc(N(c5ccccc5)c5ccc(C67CC8CC9CC(C6)C987)cc5)ccc34)cc2)cc1. The van der Waals surface area contributed by atoms with Crippen LogP contribution in [0.15, 0.2) is 180 Å². The second kappa shape index (κ2) is 11.2. The third kappa shape index (κ3) is 4.07. The summed E-state index contributed by atoms with van der Waals surface area (Å²) in [5.74, 6) is 3.03. The Morgan fingerprint density at radius 3 is 1.31 bits per heavy atom. The molecule has 4 aliphatic rings.